The van der Waals surface area contributed by atoms with Gasteiger partial charge in [0, 0.05) is 18.2 Å². The van der Waals surface area contributed by atoms with Crippen molar-refractivity contribution in [1.82, 2.24) is 10.3 Å². The summed E-state index contributed by atoms with van der Waals surface area (Å²) >= 11 is 0. The number of ether oxygens (including phenoxy) is 1. The molecule has 0 spiro atoms. The predicted octanol–water partition coefficient (Wildman–Crippen LogP) is 3.98. The van der Waals surface area contributed by atoms with Crippen LogP contribution in [0.5, 0.6) is 11.6 Å². The number of benzene rings is 1. The summed E-state index contributed by atoms with van der Waals surface area (Å²) in [5, 5.41) is 10.3. The zero-order chi connectivity index (χ0) is 22.7. The Kier molecular flexibility index (Phi) is 10.0. The minimum atomic E-state index is -0.388. The highest BCUT2D eigenvalue weighted by Crippen LogP contribution is 2.28. The number of oxime groups is 2. The lowest BCUT2D eigenvalue weighted by Crippen LogP contribution is -2.28. The van der Waals surface area contributed by atoms with E-state index in [9.17, 15) is 4.79 Å². The van der Waals surface area contributed by atoms with Crippen LogP contribution in [0.3, 0.4) is 0 Å². The highest BCUT2D eigenvalue weighted by molar-refractivity contribution is 6.45. The smallest absolute Gasteiger partial charge is 0.273 e. The number of carbonyl (C=O) groups is 1. The minimum absolute atomic E-state index is 0.106. The standard InChI is InChI=1S/C20H24N4O4.C2H6/c1-12-11-16(14(3)23-26-5)13(2)22-20(12)28-17-10-8-7-9-15(17)18(24-27-6)19(25)21-4;1-2/h7-11H,1-6H3,(H,21,25);1-2H3/b23-14-,24-18+;. The summed E-state index contributed by atoms with van der Waals surface area (Å²) in [5.41, 5.74) is 3.74. The van der Waals surface area contributed by atoms with Gasteiger partial charge in [0.15, 0.2) is 5.71 Å². The Labute approximate surface area is 177 Å². The molecule has 1 N–H and O–H groups in total. The Hall–Kier alpha value is -3.42. The second-order valence-electron chi connectivity index (χ2n) is 5.90. The molecule has 0 saturated heterocycles. The first-order chi connectivity index (χ1) is 14.4. The number of pyridine rings is 1. The lowest BCUT2D eigenvalue weighted by Gasteiger charge is -2.14. The lowest BCUT2D eigenvalue weighted by molar-refractivity contribution is -0.114. The molecule has 0 unspecified atom stereocenters. The monoisotopic (exact) mass is 414 g/mol. The zero-order valence-corrected chi connectivity index (χ0v) is 18.9. The zero-order valence-electron chi connectivity index (χ0n) is 18.9. The topological polar surface area (TPSA) is 94.4 Å². The van der Waals surface area contributed by atoms with Crippen LogP contribution in [0.2, 0.25) is 0 Å². The van der Waals surface area contributed by atoms with Gasteiger partial charge in [-0.05, 0) is 39.0 Å². The molecule has 0 fully saturated rings. The van der Waals surface area contributed by atoms with E-state index in [4.69, 9.17) is 14.4 Å². The van der Waals surface area contributed by atoms with Crippen LogP contribution >= 0.6 is 0 Å². The number of amides is 1. The lowest BCUT2D eigenvalue weighted by atomic mass is 10.1. The third-order valence-electron chi connectivity index (χ3n) is 3.95. The largest absolute Gasteiger partial charge is 0.438 e. The first-order valence-electron chi connectivity index (χ1n) is 9.59. The van der Waals surface area contributed by atoms with Crippen molar-refractivity contribution in [3.63, 3.8) is 0 Å². The number of nitrogens with zero attached hydrogens (tertiary/aromatic N) is 3. The Morgan fingerprint density at radius 1 is 1.03 bits per heavy atom. The predicted molar refractivity (Wildman–Crippen MR) is 118 cm³/mol. The first kappa shape index (κ1) is 24.6. The van der Waals surface area contributed by atoms with E-state index in [0.29, 0.717) is 17.2 Å². The van der Waals surface area contributed by atoms with Gasteiger partial charge in [-0.15, -0.1) is 0 Å². The van der Waals surface area contributed by atoms with Gasteiger partial charge in [-0.2, -0.15) is 0 Å². The summed E-state index contributed by atoms with van der Waals surface area (Å²) in [5.74, 6) is 0.472. The Morgan fingerprint density at radius 3 is 2.27 bits per heavy atom. The summed E-state index contributed by atoms with van der Waals surface area (Å²) in [6.07, 6.45) is 0. The summed E-state index contributed by atoms with van der Waals surface area (Å²) in [6.45, 7) is 9.60. The Bertz CT molecular complexity index is 923. The molecule has 162 valence electrons. The molecule has 1 aromatic heterocycles. The average Bonchev–Trinajstić information content (AvgIpc) is 2.76. The second kappa shape index (κ2) is 12.2. The fraction of sp³-hybridized carbons (Fsp3) is 0.364. The highest BCUT2D eigenvalue weighted by atomic mass is 16.6. The Balaban J connectivity index is 0.00000218. The van der Waals surface area contributed by atoms with E-state index >= 15 is 0 Å². The van der Waals surface area contributed by atoms with Crippen molar-refractivity contribution in [1.29, 1.82) is 0 Å². The van der Waals surface area contributed by atoms with Crippen molar-refractivity contribution in [2.45, 2.75) is 34.6 Å². The van der Waals surface area contributed by atoms with E-state index in [1.54, 1.807) is 24.3 Å². The molecular formula is C22H30N4O4. The summed E-state index contributed by atoms with van der Waals surface area (Å²) < 4.78 is 6.04. The quantitative estimate of drug-likeness (QED) is 0.546. The summed E-state index contributed by atoms with van der Waals surface area (Å²) in [6, 6.07) is 9.00. The molecule has 1 aromatic carbocycles. The number of hydrogen-bond acceptors (Lipinski definition) is 7. The van der Waals surface area contributed by atoms with Crippen LogP contribution in [-0.4, -0.2) is 43.6 Å². The molecule has 8 heteroatoms. The van der Waals surface area contributed by atoms with Crippen molar-refractivity contribution < 1.29 is 19.2 Å². The molecular weight excluding hydrogens is 384 g/mol. The van der Waals surface area contributed by atoms with E-state index < -0.39 is 0 Å². The SMILES string of the molecule is CC.CNC(=O)/C(=N/OC)c1ccccc1Oc1nc(C)c(/C(C)=N\OC)cc1C. The first-order valence-corrected chi connectivity index (χ1v) is 9.59. The van der Waals surface area contributed by atoms with Gasteiger partial charge in [-0.3, -0.25) is 4.79 Å². The molecule has 0 aliphatic carbocycles. The van der Waals surface area contributed by atoms with E-state index in [0.717, 1.165) is 22.5 Å². The van der Waals surface area contributed by atoms with Crippen LogP contribution in [0.4, 0.5) is 0 Å². The molecule has 2 aromatic rings. The second-order valence-corrected chi connectivity index (χ2v) is 5.90. The minimum Gasteiger partial charge on any atom is -0.438 e. The van der Waals surface area contributed by atoms with Gasteiger partial charge in [0.2, 0.25) is 5.88 Å². The van der Waals surface area contributed by atoms with Crippen LogP contribution < -0.4 is 10.1 Å². The molecule has 30 heavy (non-hydrogen) atoms. The van der Waals surface area contributed by atoms with Crippen LogP contribution in [0, 0.1) is 13.8 Å². The van der Waals surface area contributed by atoms with Crippen molar-refractivity contribution in [3.8, 4) is 11.6 Å². The van der Waals surface area contributed by atoms with Crippen LogP contribution in [-0.2, 0) is 14.5 Å². The van der Waals surface area contributed by atoms with Crippen molar-refractivity contribution in [2.24, 2.45) is 10.3 Å². The Morgan fingerprint density at radius 2 is 1.67 bits per heavy atom. The van der Waals surface area contributed by atoms with Gasteiger partial charge in [0.25, 0.3) is 5.91 Å². The van der Waals surface area contributed by atoms with Crippen LogP contribution in [0.1, 0.15) is 43.2 Å². The van der Waals surface area contributed by atoms with Crippen molar-refractivity contribution >= 4 is 17.3 Å². The average molecular weight is 415 g/mol. The van der Waals surface area contributed by atoms with E-state index in [-0.39, 0.29) is 11.6 Å². The fourth-order valence-electron chi connectivity index (χ4n) is 2.62. The summed E-state index contributed by atoms with van der Waals surface area (Å²) in [4.78, 5) is 26.4. The molecule has 8 nitrogen and oxygen atoms in total. The molecule has 1 heterocycles. The number of para-hydroxylation sites is 1. The number of aryl methyl sites for hydroxylation is 2. The number of carbonyl (C=O) groups excluding carboxylic acids is 1. The number of aromatic nitrogens is 1. The maximum atomic E-state index is 12.2. The van der Waals surface area contributed by atoms with Gasteiger partial charge in [0.1, 0.15) is 20.0 Å². The van der Waals surface area contributed by atoms with Gasteiger partial charge < -0.3 is 19.7 Å². The molecule has 2 rings (SSSR count). The van der Waals surface area contributed by atoms with Crippen LogP contribution in [0.25, 0.3) is 0 Å². The van der Waals surface area contributed by atoms with Crippen molar-refractivity contribution in [3.05, 3.63) is 52.7 Å². The van der Waals surface area contributed by atoms with Gasteiger partial charge >= 0.3 is 0 Å². The van der Waals surface area contributed by atoms with Crippen LogP contribution in [0.15, 0.2) is 40.6 Å². The summed E-state index contributed by atoms with van der Waals surface area (Å²) in [7, 11) is 4.40. The molecule has 1 amide bonds. The number of rotatable bonds is 7. The fourth-order valence-corrected chi connectivity index (χ4v) is 2.62. The van der Waals surface area contributed by atoms with Gasteiger partial charge in [-0.1, -0.05) is 36.3 Å². The van der Waals surface area contributed by atoms with Crippen molar-refractivity contribution in [2.75, 3.05) is 21.3 Å². The van der Waals surface area contributed by atoms with E-state index in [1.807, 2.05) is 40.7 Å². The van der Waals surface area contributed by atoms with Gasteiger partial charge in [0.05, 0.1) is 17.0 Å². The molecule has 0 bridgehead atoms. The van der Waals surface area contributed by atoms with E-state index in [2.05, 4.69) is 20.6 Å². The maximum absolute atomic E-state index is 12.2. The molecule has 0 aliphatic rings. The third-order valence-corrected chi connectivity index (χ3v) is 3.95. The number of hydrogen-bond donors (Lipinski definition) is 1. The number of likely N-dealkylation sites (N-methyl/N-ethyl adjacent to an activating group) is 1. The third kappa shape index (κ3) is 6.04. The highest BCUT2D eigenvalue weighted by Gasteiger charge is 2.20. The maximum Gasteiger partial charge on any atom is 0.273 e. The molecule has 0 saturated carbocycles. The number of nitrogens with one attached hydrogen (secondary N) is 1. The van der Waals surface area contributed by atoms with E-state index in [1.165, 1.54) is 21.3 Å². The normalized spacial score (nSPS) is 11.2. The molecule has 0 atom stereocenters. The molecule has 0 aliphatic heterocycles. The van der Waals surface area contributed by atoms with Gasteiger partial charge in [-0.25, -0.2) is 4.98 Å². The molecule has 0 radical (unpaired) electrons.